The summed E-state index contributed by atoms with van der Waals surface area (Å²) in [7, 11) is 0. The van der Waals surface area contributed by atoms with Crippen LogP contribution in [-0.4, -0.2) is 18.6 Å². The number of nitrogens with one attached hydrogen (secondary N) is 1. The maximum atomic E-state index is 11.9. The molecule has 0 aromatic carbocycles. The summed E-state index contributed by atoms with van der Waals surface area (Å²) in [5.41, 5.74) is 1.40. The molecule has 0 radical (unpaired) electrons. The number of esters is 1. The highest BCUT2D eigenvalue weighted by Gasteiger charge is 2.29. The van der Waals surface area contributed by atoms with E-state index in [9.17, 15) is 4.79 Å². The Bertz CT molecular complexity index is 483. The molecule has 1 heterocycles. The lowest BCUT2D eigenvalue weighted by atomic mass is 9.85. The van der Waals surface area contributed by atoms with Crippen molar-refractivity contribution >= 4 is 17.3 Å². The molecule has 21 heavy (non-hydrogen) atoms. The topological polar surface area (TPSA) is 38.3 Å². The molecule has 0 spiro atoms. The molecule has 0 aliphatic heterocycles. The lowest BCUT2D eigenvalue weighted by Crippen LogP contribution is -2.38. The van der Waals surface area contributed by atoms with Gasteiger partial charge in [-0.05, 0) is 58.6 Å². The molecule has 1 aliphatic rings. The SMILES string of the molecule is CCOC(=O)C1CCCC(NC(C)c2cc(C)sc2C)C1. The largest absolute Gasteiger partial charge is 0.466 e. The molecule has 1 saturated carbocycles. The molecular weight excluding hydrogens is 282 g/mol. The van der Waals surface area contributed by atoms with Crippen molar-refractivity contribution in [2.75, 3.05) is 6.61 Å². The summed E-state index contributed by atoms with van der Waals surface area (Å²) >= 11 is 1.86. The molecule has 4 heteroatoms. The fraction of sp³-hybridized carbons (Fsp3) is 0.706. The molecule has 1 fully saturated rings. The van der Waals surface area contributed by atoms with Crippen LogP contribution in [0.3, 0.4) is 0 Å². The maximum absolute atomic E-state index is 11.9. The highest BCUT2D eigenvalue weighted by Crippen LogP contribution is 2.30. The third-order valence-corrected chi connectivity index (χ3v) is 5.31. The normalized spacial score (nSPS) is 23.8. The van der Waals surface area contributed by atoms with Crippen LogP contribution in [0.15, 0.2) is 6.07 Å². The van der Waals surface area contributed by atoms with Gasteiger partial charge in [0, 0.05) is 21.8 Å². The number of rotatable bonds is 5. The number of aryl methyl sites for hydroxylation is 2. The molecule has 1 aliphatic carbocycles. The van der Waals surface area contributed by atoms with E-state index in [1.165, 1.54) is 15.3 Å². The van der Waals surface area contributed by atoms with Crippen LogP contribution in [0.1, 0.15) is 60.9 Å². The summed E-state index contributed by atoms with van der Waals surface area (Å²) in [6, 6.07) is 3.05. The highest BCUT2D eigenvalue weighted by molar-refractivity contribution is 7.12. The minimum atomic E-state index is -0.0146. The van der Waals surface area contributed by atoms with Gasteiger partial charge in [-0.2, -0.15) is 0 Å². The van der Waals surface area contributed by atoms with Crippen LogP contribution in [0.2, 0.25) is 0 Å². The summed E-state index contributed by atoms with van der Waals surface area (Å²) < 4.78 is 5.18. The van der Waals surface area contributed by atoms with E-state index < -0.39 is 0 Å². The summed E-state index contributed by atoms with van der Waals surface area (Å²) in [6.07, 6.45) is 4.14. The van der Waals surface area contributed by atoms with Crippen molar-refractivity contribution in [3.05, 3.63) is 21.4 Å². The Kier molecular flexibility index (Phi) is 5.82. The predicted molar refractivity (Wildman–Crippen MR) is 87.7 cm³/mol. The van der Waals surface area contributed by atoms with Crippen LogP contribution in [-0.2, 0) is 9.53 Å². The van der Waals surface area contributed by atoms with Crippen LogP contribution in [0.25, 0.3) is 0 Å². The summed E-state index contributed by atoms with van der Waals surface area (Å²) in [4.78, 5) is 14.7. The Balaban J connectivity index is 1.93. The number of thiophene rings is 1. The summed E-state index contributed by atoms with van der Waals surface area (Å²) in [5.74, 6) is 0.0629. The van der Waals surface area contributed by atoms with Crippen molar-refractivity contribution in [2.24, 2.45) is 5.92 Å². The lowest BCUT2D eigenvalue weighted by molar-refractivity contribution is -0.149. The van der Waals surface area contributed by atoms with E-state index in [4.69, 9.17) is 4.74 Å². The van der Waals surface area contributed by atoms with Gasteiger partial charge in [-0.3, -0.25) is 4.79 Å². The molecule has 1 aromatic rings. The van der Waals surface area contributed by atoms with Gasteiger partial charge < -0.3 is 10.1 Å². The van der Waals surface area contributed by atoms with Crippen LogP contribution in [0.5, 0.6) is 0 Å². The van der Waals surface area contributed by atoms with E-state index >= 15 is 0 Å². The standard InChI is InChI=1S/C17H27NO2S/c1-5-20-17(19)14-7-6-8-15(10-14)18-12(3)16-9-11(2)21-13(16)4/h9,12,14-15,18H,5-8,10H2,1-4H3. The predicted octanol–water partition coefficient (Wildman–Crippen LogP) is 4.14. The Morgan fingerprint density at radius 1 is 1.48 bits per heavy atom. The molecule has 3 atom stereocenters. The van der Waals surface area contributed by atoms with Crippen molar-refractivity contribution in [2.45, 2.75) is 65.5 Å². The average molecular weight is 309 g/mol. The number of carbonyl (C=O) groups is 1. The molecule has 0 amide bonds. The Morgan fingerprint density at radius 3 is 2.86 bits per heavy atom. The van der Waals surface area contributed by atoms with Crippen molar-refractivity contribution in [3.8, 4) is 0 Å². The van der Waals surface area contributed by atoms with Gasteiger partial charge in [0.1, 0.15) is 0 Å². The number of hydrogen-bond acceptors (Lipinski definition) is 4. The van der Waals surface area contributed by atoms with E-state index in [1.54, 1.807) is 0 Å². The maximum Gasteiger partial charge on any atom is 0.308 e. The van der Waals surface area contributed by atoms with E-state index in [1.807, 2.05) is 18.3 Å². The minimum absolute atomic E-state index is 0.0146. The van der Waals surface area contributed by atoms with Gasteiger partial charge in [0.25, 0.3) is 0 Å². The number of ether oxygens (including phenoxy) is 1. The third kappa shape index (κ3) is 4.30. The molecule has 2 rings (SSSR count). The van der Waals surface area contributed by atoms with Gasteiger partial charge in [0.05, 0.1) is 12.5 Å². The van der Waals surface area contributed by atoms with Crippen molar-refractivity contribution in [1.29, 1.82) is 0 Å². The first-order chi connectivity index (χ1) is 10.0. The first-order valence-electron chi connectivity index (χ1n) is 8.00. The van der Waals surface area contributed by atoms with Crippen LogP contribution in [0, 0.1) is 19.8 Å². The number of hydrogen-bond donors (Lipinski definition) is 1. The average Bonchev–Trinajstić information content (AvgIpc) is 2.78. The van der Waals surface area contributed by atoms with Crippen LogP contribution < -0.4 is 5.32 Å². The summed E-state index contributed by atoms with van der Waals surface area (Å²) in [6.45, 7) is 8.93. The van der Waals surface area contributed by atoms with Gasteiger partial charge in [0.2, 0.25) is 0 Å². The van der Waals surface area contributed by atoms with Gasteiger partial charge in [-0.1, -0.05) is 6.42 Å². The Morgan fingerprint density at radius 2 is 2.24 bits per heavy atom. The second kappa shape index (κ2) is 7.41. The van der Waals surface area contributed by atoms with E-state index in [2.05, 4.69) is 32.2 Å². The molecule has 1 N–H and O–H groups in total. The molecule has 118 valence electrons. The van der Waals surface area contributed by atoms with Gasteiger partial charge in [-0.25, -0.2) is 0 Å². The van der Waals surface area contributed by atoms with Gasteiger partial charge in [-0.15, -0.1) is 11.3 Å². The zero-order chi connectivity index (χ0) is 15.4. The van der Waals surface area contributed by atoms with Crippen LogP contribution in [0.4, 0.5) is 0 Å². The molecule has 0 saturated heterocycles. The Labute approximate surface area is 132 Å². The fourth-order valence-corrected chi connectivity index (χ4v) is 4.36. The monoisotopic (exact) mass is 309 g/mol. The zero-order valence-corrected chi connectivity index (χ0v) is 14.4. The van der Waals surface area contributed by atoms with Crippen molar-refractivity contribution < 1.29 is 9.53 Å². The number of carbonyl (C=O) groups excluding carboxylic acids is 1. The van der Waals surface area contributed by atoms with E-state index in [0.717, 1.165) is 25.7 Å². The molecule has 1 aromatic heterocycles. The van der Waals surface area contributed by atoms with E-state index in [0.29, 0.717) is 18.7 Å². The first kappa shape index (κ1) is 16.5. The molecular formula is C17H27NO2S. The van der Waals surface area contributed by atoms with Gasteiger partial charge in [0.15, 0.2) is 0 Å². The second-order valence-corrected chi connectivity index (χ2v) is 7.53. The van der Waals surface area contributed by atoms with Crippen LogP contribution >= 0.6 is 11.3 Å². The first-order valence-corrected chi connectivity index (χ1v) is 8.82. The minimum Gasteiger partial charge on any atom is -0.466 e. The van der Waals surface area contributed by atoms with E-state index in [-0.39, 0.29) is 11.9 Å². The second-order valence-electron chi connectivity index (χ2n) is 6.07. The van der Waals surface area contributed by atoms with Gasteiger partial charge >= 0.3 is 5.97 Å². The summed E-state index contributed by atoms with van der Waals surface area (Å²) in [5, 5.41) is 3.72. The zero-order valence-electron chi connectivity index (χ0n) is 13.6. The highest BCUT2D eigenvalue weighted by atomic mass is 32.1. The van der Waals surface area contributed by atoms with Crippen molar-refractivity contribution in [3.63, 3.8) is 0 Å². The Hall–Kier alpha value is -0.870. The molecule has 3 unspecified atom stereocenters. The third-order valence-electron chi connectivity index (χ3n) is 4.33. The molecule has 0 bridgehead atoms. The molecule has 3 nitrogen and oxygen atoms in total. The lowest BCUT2D eigenvalue weighted by Gasteiger charge is -2.31. The van der Waals surface area contributed by atoms with Crippen molar-refractivity contribution in [1.82, 2.24) is 5.32 Å². The quantitative estimate of drug-likeness (QED) is 0.831. The smallest absolute Gasteiger partial charge is 0.308 e. The fourth-order valence-electron chi connectivity index (χ4n) is 3.34.